The zero-order valence-corrected chi connectivity index (χ0v) is 12.6. The standard InChI is InChI=1S/C14H15ClN2O4/c1-4-20-13(18)10-6-11(21-17-10)14(3,19)9-5-8(2)12(15)16-7-9/h5-7,19H,4H2,1-3H3/t14-/m0/s1. The molecule has 0 amide bonds. The van der Waals surface area contributed by atoms with Crippen LogP contribution >= 0.6 is 11.6 Å². The molecule has 112 valence electrons. The van der Waals surface area contributed by atoms with Crippen LogP contribution in [0.25, 0.3) is 0 Å². The Kier molecular flexibility index (Phi) is 4.29. The van der Waals surface area contributed by atoms with Gasteiger partial charge < -0.3 is 14.4 Å². The van der Waals surface area contributed by atoms with Crippen LogP contribution in [0.2, 0.25) is 5.15 Å². The summed E-state index contributed by atoms with van der Waals surface area (Å²) in [6.45, 7) is 5.22. The molecule has 2 heterocycles. The third-order valence-corrected chi connectivity index (χ3v) is 3.45. The second-order valence-electron chi connectivity index (χ2n) is 4.70. The van der Waals surface area contributed by atoms with Crippen molar-refractivity contribution in [2.45, 2.75) is 26.4 Å². The maximum Gasteiger partial charge on any atom is 0.360 e. The molecular formula is C14H15ClN2O4. The molecule has 2 aromatic heterocycles. The van der Waals surface area contributed by atoms with Gasteiger partial charge in [-0.15, -0.1) is 0 Å². The average molecular weight is 311 g/mol. The van der Waals surface area contributed by atoms with E-state index in [4.69, 9.17) is 20.9 Å². The van der Waals surface area contributed by atoms with E-state index in [1.165, 1.54) is 19.2 Å². The van der Waals surface area contributed by atoms with Gasteiger partial charge in [-0.05, 0) is 32.4 Å². The van der Waals surface area contributed by atoms with Crippen molar-refractivity contribution in [1.29, 1.82) is 0 Å². The Hall–Kier alpha value is -1.92. The molecule has 1 N–H and O–H groups in total. The molecule has 2 aromatic rings. The predicted octanol–water partition coefficient (Wildman–Crippen LogP) is 2.46. The second kappa shape index (κ2) is 5.83. The number of carbonyl (C=O) groups excluding carboxylic acids is 1. The Labute approximate surface area is 126 Å². The van der Waals surface area contributed by atoms with E-state index in [0.717, 1.165) is 5.56 Å². The van der Waals surface area contributed by atoms with E-state index in [2.05, 4.69) is 10.1 Å². The number of ether oxygens (including phenoxy) is 1. The van der Waals surface area contributed by atoms with Crippen LogP contribution in [0.5, 0.6) is 0 Å². The van der Waals surface area contributed by atoms with Crippen molar-refractivity contribution in [2.75, 3.05) is 6.61 Å². The maximum atomic E-state index is 11.6. The smallest absolute Gasteiger partial charge is 0.360 e. The summed E-state index contributed by atoms with van der Waals surface area (Å²) in [5.74, 6) is -0.484. The first kappa shape index (κ1) is 15.5. The van der Waals surface area contributed by atoms with Gasteiger partial charge in [0.1, 0.15) is 10.8 Å². The van der Waals surface area contributed by atoms with Crippen molar-refractivity contribution >= 4 is 17.6 Å². The molecule has 0 saturated heterocycles. The van der Waals surface area contributed by atoms with E-state index in [9.17, 15) is 9.90 Å². The number of hydrogen-bond acceptors (Lipinski definition) is 6. The molecule has 2 rings (SSSR count). The summed E-state index contributed by atoms with van der Waals surface area (Å²) in [7, 11) is 0. The van der Waals surface area contributed by atoms with E-state index >= 15 is 0 Å². The fourth-order valence-corrected chi connectivity index (χ4v) is 1.88. The van der Waals surface area contributed by atoms with Gasteiger partial charge in [0, 0.05) is 17.8 Å². The van der Waals surface area contributed by atoms with Crippen molar-refractivity contribution in [3.63, 3.8) is 0 Å². The molecule has 0 unspecified atom stereocenters. The van der Waals surface area contributed by atoms with E-state index < -0.39 is 11.6 Å². The molecule has 0 aromatic carbocycles. The summed E-state index contributed by atoms with van der Waals surface area (Å²) in [4.78, 5) is 15.6. The Morgan fingerprint density at radius 2 is 2.24 bits per heavy atom. The van der Waals surface area contributed by atoms with Crippen molar-refractivity contribution < 1.29 is 19.2 Å². The van der Waals surface area contributed by atoms with Crippen LogP contribution in [-0.2, 0) is 10.3 Å². The topological polar surface area (TPSA) is 85.5 Å². The number of aryl methyl sites for hydroxylation is 1. The first-order chi connectivity index (χ1) is 9.86. The zero-order chi connectivity index (χ0) is 15.6. The molecule has 1 atom stereocenters. The average Bonchev–Trinajstić information content (AvgIpc) is 2.92. The van der Waals surface area contributed by atoms with Crippen molar-refractivity contribution in [3.8, 4) is 0 Å². The monoisotopic (exact) mass is 310 g/mol. The number of halogens is 1. The van der Waals surface area contributed by atoms with Gasteiger partial charge in [-0.1, -0.05) is 16.8 Å². The van der Waals surface area contributed by atoms with Crippen LogP contribution in [-0.4, -0.2) is 27.8 Å². The maximum absolute atomic E-state index is 11.6. The van der Waals surface area contributed by atoms with Gasteiger partial charge in [-0.2, -0.15) is 0 Å². The van der Waals surface area contributed by atoms with Gasteiger partial charge in [0.15, 0.2) is 11.5 Å². The normalized spacial score (nSPS) is 13.8. The number of carbonyl (C=O) groups is 1. The Morgan fingerprint density at radius 3 is 2.86 bits per heavy atom. The summed E-state index contributed by atoms with van der Waals surface area (Å²) in [6.07, 6.45) is 1.45. The number of rotatable bonds is 4. The highest BCUT2D eigenvalue weighted by Crippen LogP contribution is 2.30. The third kappa shape index (κ3) is 3.06. The number of aliphatic hydroxyl groups is 1. The molecule has 0 radical (unpaired) electrons. The fourth-order valence-electron chi connectivity index (χ4n) is 1.77. The van der Waals surface area contributed by atoms with Crippen LogP contribution in [0.15, 0.2) is 22.9 Å². The lowest BCUT2D eigenvalue weighted by atomic mass is 9.94. The molecule has 0 bridgehead atoms. The Morgan fingerprint density at radius 1 is 1.52 bits per heavy atom. The third-order valence-electron chi connectivity index (χ3n) is 3.05. The van der Waals surface area contributed by atoms with Gasteiger partial charge >= 0.3 is 5.97 Å². The van der Waals surface area contributed by atoms with Crippen LogP contribution in [0.4, 0.5) is 0 Å². The second-order valence-corrected chi connectivity index (χ2v) is 5.06. The van der Waals surface area contributed by atoms with E-state index in [1.807, 2.05) is 0 Å². The lowest BCUT2D eigenvalue weighted by molar-refractivity contribution is 0.0509. The predicted molar refractivity (Wildman–Crippen MR) is 75.1 cm³/mol. The van der Waals surface area contributed by atoms with Gasteiger partial charge in [0.2, 0.25) is 0 Å². The molecular weight excluding hydrogens is 296 g/mol. The number of hydrogen-bond donors (Lipinski definition) is 1. The lowest BCUT2D eigenvalue weighted by Gasteiger charge is -2.20. The zero-order valence-electron chi connectivity index (χ0n) is 11.9. The minimum atomic E-state index is -1.49. The molecule has 6 nitrogen and oxygen atoms in total. The number of aromatic nitrogens is 2. The molecule has 0 aliphatic carbocycles. The van der Waals surface area contributed by atoms with Gasteiger partial charge in [-0.3, -0.25) is 0 Å². The lowest BCUT2D eigenvalue weighted by Crippen LogP contribution is -2.22. The van der Waals surface area contributed by atoms with Gasteiger partial charge in [-0.25, -0.2) is 9.78 Å². The SMILES string of the molecule is CCOC(=O)c1cc([C@@](C)(O)c2cnc(Cl)c(C)c2)on1. The Balaban J connectivity index is 2.35. The quantitative estimate of drug-likeness (QED) is 0.689. The van der Waals surface area contributed by atoms with Crippen LogP contribution in [0.3, 0.4) is 0 Å². The van der Waals surface area contributed by atoms with Crippen molar-refractivity contribution in [1.82, 2.24) is 10.1 Å². The van der Waals surface area contributed by atoms with Gasteiger partial charge in [0.05, 0.1) is 6.61 Å². The number of pyridine rings is 1. The summed E-state index contributed by atoms with van der Waals surface area (Å²) < 4.78 is 9.88. The van der Waals surface area contributed by atoms with E-state index in [-0.39, 0.29) is 18.1 Å². The molecule has 21 heavy (non-hydrogen) atoms. The number of esters is 1. The van der Waals surface area contributed by atoms with Crippen molar-refractivity contribution in [3.05, 3.63) is 46.1 Å². The van der Waals surface area contributed by atoms with Crippen LogP contribution < -0.4 is 0 Å². The first-order valence-electron chi connectivity index (χ1n) is 6.35. The molecule has 0 saturated carbocycles. The van der Waals surface area contributed by atoms with Gasteiger partial charge in [0.25, 0.3) is 0 Å². The number of nitrogens with zero attached hydrogens (tertiary/aromatic N) is 2. The highest BCUT2D eigenvalue weighted by atomic mass is 35.5. The minimum Gasteiger partial charge on any atom is -0.461 e. The minimum absolute atomic E-state index is 0.00534. The van der Waals surface area contributed by atoms with E-state index in [1.54, 1.807) is 19.9 Å². The highest BCUT2D eigenvalue weighted by molar-refractivity contribution is 6.30. The summed E-state index contributed by atoms with van der Waals surface area (Å²) >= 11 is 5.87. The largest absolute Gasteiger partial charge is 0.461 e. The molecule has 0 aliphatic heterocycles. The van der Waals surface area contributed by atoms with Crippen LogP contribution in [0, 0.1) is 6.92 Å². The molecule has 0 fully saturated rings. The molecule has 7 heteroatoms. The first-order valence-corrected chi connectivity index (χ1v) is 6.73. The molecule has 0 spiro atoms. The fraction of sp³-hybridized carbons (Fsp3) is 0.357. The Bertz CT molecular complexity index is 667. The van der Waals surface area contributed by atoms with E-state index in [0.29, 0.717) is 10.7 Å². The summed E-state index contributed by atoms with van der Waals surface area (Å²) in [5.41, 5.74) is -0.276. The molecule has 0 aliphatic rings. The van der Waals surface area contributed by atoms with Crippen LogP contribution in [0.1, 0.15) is 41.2 Å². The summed E-state index contributed by atoms with van der Waals surface area (Å²) in [5, 5.41) is 14.6. The highest BCUT2D eigenvalue weighted by Gasteiger charge is 2.32. The van der Waals surface area contributed by atoms with Crippen molar-refractivity contribution in [2.24, 2.45) is 0 Å². The summed E-state index contributed by atoms with van der Waals surface area (Å²) in [6, 6.07) is 3.05.